The number of amidine groups is 2. The van der Waals surface area contributed by atoms with Gasteiger partial charge in [-0.1, -0.05) is 89.2 Å². The molecule has 2 aromatic carbocycles. The fourth-order valence-electron chi connectivity index (χ4n) is 3.71. The first-order chi connectivity index (χ1) is 14.3. The molecule has 0 bridgehead atoms. The van der Waals surface area contributed by atoms with E-state index in [-0.39, 0.29) is 23.3 Å². The summed E-state index contributed by atoms with van der Waals surface area (Å²) >= 11 is 1.60. The molecule has 2 heterocycles. The molecule has 4 nitrogen and oxygen atoms in total. The van der Waals surface area contributed by atoms with Crippen LogP contribution in [0.15, 0.2) is 58.5 Å². The van der Waals surface area contributed by atoms with Crippen molar-refractivity contribution < 1.29 is 4.79 Å². The highest BCUT2D eigenvalue weighted by Gasteiger charge is 2.42. The van der Waals surface area contributed by atoms with Crippen LogP contribution >= 0.6 is 11.8 Å². The van der Waals surface area contributed by atoms with Crippen LogP contribution in [0.4, 0.5) is 5.69 Å². The maximum absolute atomic E-state index is 13.2. The van der Waals surface area contributed by atoms with Crippen molar-refractivity contribution in [1.82, 2.24) is 4.90 Å². The van der Waals surface area contributed by atoms with E-state index in [0.29, 0.717) is 0 Å². The SMILES string of the molecule is CCC(C)C1N=C2c3ccccc3N=C(SCc3ccc(C(C)(C)C)cc3)N2C1=O. The minimum Gasteiger partial charge on any atom is -0.271 e. The number of carbonyl (C=O) groups excluding carboxylic acids is 1. The highest BCUT2D eigenvalue weighted by molar-refractivity contribution is 8.13. The second-order valence-corrected chi connectivity index (χ2v) is 10.0. The fourth-order valence-corrected chi connectivity index (χ4v) is 4.67. The molecule has 156 valence electrons. The summed E-state index contributed by atoms with van der Waals surface area (Å²) in [7, 11) is 0. The van der Waals surface area contributed by atoms with Gasteiger partial charge in [0.1, 0.15) is 11.9 Å². The first-order valence-electron chi connectivity index (χ1n) is 10.6. The molecule has 2 aromatic rings. The number of hydrogen-bond donors (Lipinski definition) is 0. The lowest BCUT2D eigenvalue weighted by Crippen LogP contribution is -2.42. The topological polar surface area (TPSA) is 45.0 Å². The average Bonchev–Trinajstić information content (AvgIpc) is 3.09. The van der Waals surface area contributed by atoms with E-state index in [4.69, 9.17) is 9.98 Å². The molecule has 1 amide bonds. The second-order valence-electron chi connectivity index (χ2n) is 9.10. The van der Waals surface area contributed by atoms with E-state index in [2.05, 4.69) is 58.9 Å². The number of thioether (sulfide) groups is 1. The van der Waals surface area contributed by atoms with Gasteiger partial charge in [0.05, 0.1) is 5.69 Å². The molecular weight excluding hydrogens is 390 g/mol. The Morgan fingerprint density at radius 3 is 2.47 bits per heavy atom. The van der Waals surface area contributed by atoms with Crippen LogP contribution in [0, 0.1) is 5.92 Å². The standard InChI is InChI=1S/C25H29N3OS/c1-6-16(2)21-23(29)28-22(27-21)19-9-7-8-10-20(19)26-24(28)30-15-17-11-13-18(14-12-17)25(3,4)5/h7-14,16,21H,6,15H2,1-5H3. The molecule has 0 aliphatic carbocycles. The van der Waals surface area contributed by atoms with Crippen LogP contribution in [0.1, 0.15) is 57.7 Å². The van der Waals surface area contributed by atoms with Gasteiger partial charge in [-0.15, -0.1) is 0 Å². The zero-order valence-corrected chi connectivity index (χ0v) is 19.2. The quantitative estimate of drug-likeness (QED) is 0.617. The summed E-state index contributed by atoms with van der Waals surface area (Å²) in [4.78, 5) is 24.7. The Balaban J connectivity index is 1.61. The van der Waals surface area contributed by atoms with Crippen molar-refractivity contribution in [2.75, 3.05) is 0 Å². The molecule has 30 heavy (non-hydrogen) atoms. The molecule has 0 fully saturated rings. The summed E-state index contributed by atoms with van der Waals surface area (Å²) in [5.41, 5.74) is 4.51. The smallest absolute Gasteiger partial charge is 0.259 e. The lowest BCUT2D eigenvalue weighted by atomic mass is 9.87. The number of carbonyl (C=O) groups is 1. The van der Waals surface area contributed by atoms with Crippen molar-refractivity contribution in [3.05, 3.63) is 65.2 Å². The highest BCUT2D eigenvalue weighted by Crippen LogP contribution is 2.36. The summed E-state index contributed by atoms with van der Waals surface area (Å²) in [5.74, 6) is 1.76. The van der Waals surface area contributed by atoms with Crippen molar-refractivity contribution in [3.8, 4) is 0 Å². The van der Waals surface area contributed by atoms with Crippen molar-refractivity contribution >= 4 is 34.4 Å². The minimum atomic E-state index is -0.326. The summed E-state index contributed by atoms with van der Waals surface area (Å²) in [5, 5.41) is 0.725. The van der Waals surface area contributed by atoms with E-state index >= 15 is 0 Å². The number of amides is 1. The molecule has 0 aromatic heterocycles. The first kappa shape index (κ1) is 20.9. The summed E-state index contributed by atoms with van der Waals surface area (Å²) in [6.45, 7) is 10.9. The number of rotatable bonds is 4. The number of fused-ring (bicyclic) bond motifs is 3. The lowest BCUT2D eigenvalue weighted by molar-refractivity contribution is -0.125. The predicted octanol–water partition coefficient (Wildman–Crippen LogP) is 5.92. The largest absolute Gasteiger partial charge is 0.271 e. The van der Waals surface area contributed by atoms with Gasteiger partial charge in [0, 0.05) is 11.3 Å². The van der Waals surface area contributed by atoms with Crippen molar-refractivity contribution in [3.63, 3.8) is 0 Å². The summed E-state index contributed by atoms with van der Waals surface area (Å²) in [6.07, 6.45) is 0.919. The van der Waals surface area contributed by atoms with Crippen LogP contribution in [0.2, 0.25) is 0 Å². The number of nitrogens with zero attached hydrogens (tertiary/aromatic N) is 3. The van der Waals surface area contributed by atoms with Crippen molar-refractivity contribution in [1.29, 1.82) is 0 Å². The Kier molecular flexibility index (Phi) is 5.58. The monoisotopic (exact) mass is 419 g/mol. The molecule has 0 saturated carbocycles. The third kappa shape index (κ3) is 3.83. The molecule has 2 aliphatic heterocycles. The molecular formula is C25H29N3OS. The summed E-state index contributed by atoms with van der Waals surface area (Å²) in [6, 6.07) is 16.4. The number of para-hydroxylation sites is 1. The van der Waals surface area contributed by atoms with E-state index in [0.717, 1.165) is 34.4 Å². The second kappa shape index (κ2) is 8.03. The van der Waals surface area contributed by atoms with Gasteiger partial charge < -0.3 is 0 Å². The molecule has 2 unspecified atom stereocenters. The third-order valence-corrected chi connectivity index (χ3v) is 6.88. The maximum atomic E-state index is 13.2. The van der Waals surface area contributed by atoms with Gasteiger partial charge in [0.25, 0.3) is 5.91 Å². The van der Waals surface area contributed by atoms with Crippen molar-refractivity contribution in [2.24, 2.45) is 15.9 Å². The molecule has 2 atom stereocenters. The number of hydrogen-bond acceptors (Lipinski definition) is 4. The van der Waals surface area contributed by atoms with Gasteiger partial charge in [-0.25, -0.2) is 9.89 Å². The van der Waals surface area contributed by atoms with Gasteiger partial charge >= 0.3 is 0 Å². The third-order valence-electron chi connectivity index (χ3n) is 5.87. The van der Waals surface area contributed by atoms with E-state index in [9.17, 15) is 4.79 Å². The lowest BCUT2D eigenvalue weighted by Gasteiger charge is -2.26. The van der Waals surface area contributed by atoms with E-state index in [1.165, 1.54) is 11.1 Å². The highest BCUT2D eigenvalue weighted by atomic mass is 32.2. The molecule has 0 N–H and O–H groups in total. The Hall–Kier alpha value is -2.40. The normalized spacial score (nSPS) is 19.2. The van der Waals surface area contributed by atoms with Crippen molar-refractivity contribution in [2.45, 2.75) is 58.2 Å². The molecule has 5 heteroatoms. The summed E-state index contributed by atoms with van der Waals surface area (Å²) < 4.78 is 0. The molecule has 4 rings (SSSR count). The van der Waals surface area contributed by atoms with Crippen LogP contribution in [-0.4, -0.2) is 27.9 Å². The Morgan fingerprint density at radius 1 is 1.10 bits per heavy atom. The number of benzene rings is 2. The fraction of sp³-hybridized carbons (Fsp3) is 0.400. The molecule has 2 aliphatic rings. The van der Waals surface area contributed by atoms with E-state index in [1.54, 1.807) is 16.7 Å². The number of aliphatic imine (C=N–C) groups is 2. The van der Waals surface area contributed by atoms with E-state index in [1.807, 2.05) is 24.3 Å². The van der Waals surface area contributed by atoms with Crippen LogP contribution in [0.5, 0.6) is 0 Å². The first-order valence-corrected chi connectivity index (χ1v) is 11.6. The van der Waals surface area contributed by atoms with E-state index < -0.39 is 0 Å². The van der Waals surface area contributed by atoms with Gasteiger partial charge in [0.2, 0.25) is 0 Å². The minimum absolute atomic E-state index is 0.0446. The maximum Gasteiger partial charge on any atom is 0.259 e. The Morgan fingerprint density at radius 2 is 1.80 bits per heavy atom. The Labute approximate surface area is 183 Å². The van der Waals surface area contributed by atoms with Gasteiger partial charge in [-0.2, -0.15) is 0 Å². The molecule has 0 radical (unpaired) electrons. The zero-order chi connectivity index (χ0) is 21.5. The van der Waals surface area contributed by atoms with Crippen LogP contribution < -0.4 is 0 Å². The Bertz CT molecular complexity index is 1020. The zero-order valence-electron chi connectivity index (χ0n) is 18.3. The van der Waals surface area contributed by atoms with Crippen LogP contribution in [-0.2, 0) is 16.0 Å². The molecule has 0 spiro atoms. The van der Waals surface area contributed by atoms with Gasteiger partial charge in [-0.3, -0.25) is 9.79 Å². The molecule has 0 saturated heterocycles. The van der Waals surface area contributed by atoms with Crippen LogP contribution in [0.3, 0.4) is 0 Å². The van der Waals surface area contributed by atoms with Gasteiger partial charge in [-0.05, 0) is 34.6 Å². The predicted molar refractivity (Wildman–Crippen MR) is 127 cm³/mol. The van der Waals surface area contributed by atoms with Gasteiger partial charge in [0.15, 0.2) is 5.17 Å². The average molecular weight is 420 g/mol. The van der Waals surface area contributed by atoms with Crippen LogP contribution in [0.25, 0.3) is 0 Å².